The first kappa shape index (κ1) is 25.5. The van der Waals surface area contributed by atoms with Gasteiger partial charge in [0.05, 0.1) is 0 Å². The van der Waals surface area contributed by atoms with E-state index >= 15 is 0 Å². The molecule has 2 rings (SSSR count). The molecule has 1 N–H and O–H groups in total. The molecule has 1 radical (unpaired) electrons. The van der Waals surface area contributed by atoms with Crippen LogP contribution in [0.15, 0.2) is 48.5 Å². The van der Waals surface area contributed by atoms with E-state index in [0.717, 1.165) is 29.1 Å². The molecule has 169 valence electrons. The lowest BCUT2D eigenvalue weighted by atomic mass is 9.93. The Hall–Kier alpha value is -1.80. The maximum atomic E-state index is 12.4. The zero-order valence-corrected chi connectivity index (χ0v) is 20.1. The molecular formula is C28H39ClNO. The van der Waals surface area contributed by atoms with Gasteiger partial charge in [-0.2, -0.15) is 0 Å². The molecule has 0 fully saturated rings. The van der Waals surface area contributed by atoms with Gasteiger partial charge in [0, 0.05) is 17.1 Å². The summed E-state index contributed by atoms with van der Waals surface area (Å²) in [5.41, 5.74) is 3.07. The summed E-state index contributed by atoms with van der Waals surface area (Å²) in [5.74, 6) is 0.307. The normalized spacial score (nSPS) is 12.0. The number of benzene rings is 2. The van der Waals surface area contributed by atoms with Crippen molar-refractivity contribution in [2.45, 2.75) is 84.0 Å². The molecule has 2 aromatic carbocycles. The molecule has 1 atom stereocenters. The molecule has 0 spiro atoms. The monoisotopic (exact) mass is 440 g/mol. The van der Waals surface area contributed by atoms with Crippen molar-refractivity contribution in [3.05, 3.63) is 76.7 Å². The molecule has 1 amide bonds. The lowest BCUT2D eigenvalue weighted by molar-refractivity contribution is 0.0953. The number of rotatable bonds is 15. The van der Waals surface area contributed by atoms with E-state index < -0.39 is 0 Å². The summed E-state index contributed by atoms with van der Waals surface area (Å²) in [5, 5.41) is 3.81. The fourth-order valence-corrected chi connectivity index (χ4v) is 3.94. The molecule has 0 unspecified atom stereocenters. The Kier molecular flexibility index (Phi) is 12.4. The molecule has 0 heterocycles. The first-order chi connectivity index (χ1) is 15.1. The summed E-state index contributed by atoms with van der Waals surface area (Å²) >= 11 is 5.97. The number of unbranched alkanes of at least 4 members (excludes halogenated alkanes) is 9. The Morgan fingerprint density at radius 3 is 1.97 bits per heavy atom. The topological polar surface area (TPSA) is 29.1 Å². The van der Waals surface area contributed by atoms with E-state index in [9.17, 15) is 4.79 Å². The van der Waals surface area contributed by atoms with Crippen LogP contribution < -0.4 is 5.32 Å². The summed E-state index contributed by atoms with van der Waals surface area (Å²) in [7, 11) is 0. The molecule has 3 heteroatoms. The number of hydrogen-bond acceptors (Lipinski definition) is 1. The van der Waals surface area contributed by atoms with Crippen molar-refractivity contribution in [2.75, 3.05) is 6.54 Å². The van der Waals surface area contributed by atoms with Crippen LogP contribution in [0.2, 0.25) is 5.02 Å². The molecule has 0 bridgehead atoms. The van der Waals surface area contributed by atoms with Gasteiger partial charge in [-0.15, -0.1) is 0 Å². The van der Waals surface area contributed by atoms with Gasteiger partial charge in [-0.05, 0) is 54.2 Å². The Labute approximate surface area is 194 Å². The van der Waals surface area contributed by atoms with E-state index in [0.29, 0.717) is 0 Å². The van der Waals surface area contributed by atoms with Crippen LogP contribution in [0.5, 0.6) is 0 Å². The average molecular weight is 441 g/mol. The smallest absolute Gasteiger partial charge is 0.251 e. The summed E-state index contributed by atoms with van der Waals surface area (Å²) in [6.07, 6.45) is 15.3. The van der Waals surface area contributed by atoms with Crippen LogP contribution >= 0.6 is 11.6 Å². The Morgan fingerprint density at radius 1 is 0.839 bits per heavy atom. The van der Waals surface area contributed by atoms with Gasteiger partial charge in [0.15, 0.2) is 0 Å². The van der Waals surface area contributed by atoms with Gasteiger partial charge in [-0.3, -0.25) is 4.79 Å². The van der Waals surface area contributed by atoms with Gasteiger partial charge in [-0.25, -0.2) is 0 Å². The largest absolute Gasteiger partial charge is 0.352 e. The highest BCUT2D eigenvalue weighted by Crippen LogP contribution is 2.24. The highest BCUT2D eigenvalue weighted by molar-refractivity contribution is 6.30. The van der Waals surface area contributed by atoms with Crippen molar-refractivity contribution in [2.24, 2.45) is 0 Å². The van der Waals surface area contributed by atoms with Crippen LogP contribution in [0.25, 0.3) is 0 Å². The quantitative estimate of drug-likeness (QED) is 0.277. The van der Waals surface area contributed by atoms with Gasteiger partial charge in [0.25, 0.3) is 5.91 Å². The molecule has 2 aromatic rings. The van der Waals surface area contributed by atoms with Crippen molar-refractivity contribution in [1.29, 1.82) is 0 Å². The highest BCUT2D eigenvalue weighted by Gasteiger charge is 2.09. The molecule has 0 saturated heterocycles. The number of nitrogens with one attached hydrogen (secondary N) is 1. The van der Waals surface area contributed by atoms with Crippen molar-refractivity contribution >= 4 is 17.5 Å². The number of halogens is 1. The molecule has 31 heavy (non-hydrogen) atoms. The highest BCUT2D eigenvalue weighted by atomic mass is 35.5. The third kappa shape index (κ3) is 10.4. The maximum absolute atomic E-state index is 12.4. The summed E-state index contributed by atoms with van der Waals surface area (Å²) < 4.78 is 0. The van der Waals surface area contributed by atoms with Gasteiger partial charge in [-0.1, -0.05) is 108 Å². The van der Waals surface area contributed by atoms with Gasteiger partial charge >= 0.3 is 0 Å². The lowest BCUT2D eigenvalue weighted by Crippen LogP contribution is -2.24. The van der Waals surface area contributed by atoms with E-state index in [1.165, 1.54) is 63.4 Å². The van der Waals surface area contributed by atoms with Crippen LogP contribution in [0, 0.1) is 6.42 Å². The second-order valence-electron chi connectivity index (χ2n) is 8.57. The van der Waals surface area contributed by atoms with E-state index in [-0.39, 0.29) is 11.8 Å². The van der Waals surface area contributed by atoms with Crippen LogP contribution in [0.4, 0.5) is 0 Å². The van der Waals surface area contributed by atoms with Crippen LogP contribution in [-0.4, -0.2) is 12.5 Å². The molecule has 2 nitrogen and oxygen atoms in total. The predicted octanol–water partition coefficient (Wildman–Crippen LogP) is 8.35. The van der Waals surface area contributed by atoms with Crippen LogP contribution in [0.3, 0.4) is 0 Å². The minimum Gasteiger partial charge on any atom is -0.352 e. The first-order valence-corrected chi connectivity index (χ1v) is 12.5. The van der Waals surface area contributed by atoms with Crippen LogP contribution in [-0.2, 0) is 0 Å². The molecular weight excluding hydrogens is 402 g/mol. The third-order valence-corrected chi connectivity index (χ3v) is 6.08. The van der Waals surface area contributed by atoms with Crippen molar-refractivity contribution in [3.8, 4) is 0 Å². The van der Waals surface area contributed by atoms with E-state index in [1.54, 1.807) is 0 Å². The summed E-state index contributed by atoms with van der Waals surface area (Å²) in [4.78, 5) is 12.4. The van der Waals surface area contributed by atoms with Gasteiger partial charge in [0.2, 0.25) is 0 Å². The molecule has 0 aliphatic carbocycles. The molecule has 0 aliphatic heterocycles. The fourth-order valence-electron chi connectivity index (χ4n) is 3.81. The van der Waals surface area contributed by atoms with E-state index in [2.05, 4.69) is 37.7 Å². The standard InChI is InChI=1S/C28H39ClNO/c1-3-4-5-6-7-8-9-10-11-12-21-30-28(31)26-15-13-24(14-16-26)22-23(2)25-17-19-27(29)20-18-25/h13-20,22-23H,3-12,21H2,1-2H3,(H,30,31)/t23-/m0/s1. The number of carbonyl (C=O) groups excluding carboxylic acids is 1. The maximum Gasteiger partial charge on any atom is 0.251 e. The Morgan fingerprint density at radius 2 is 1.39 bits per heavy atom. The lowest BCUT2D eigenvalue weighted by Gasteiger charge is -2.12. The van der Waals surface area contributed by atoms with Gasteiger partial charge < -0.3 is 5.32 Å². The Balaban J connectivity index is 1.59. The SMILES string of the molecule is CCCCCCCCCCCCNC(=O)c1ccc([CH][C@H](C)c2ccc(Cl)cc2)cc1. The van der Waals surface area contributed by atoms with Gasteiger partial charge in [0.1, 0.15) is 0 Å². The first-order valence-electron chi connectivity index (χ1n) is 12.1. The van der Waals surface area contributed by atoms with E-state index in [1.807, 2.05) is 36.4 Å². The molecule has 0 aromatic heterocycles. The zero-order chi connectivity index (χ0) is 22.3. The number of carbonyl (C=O) groups is 1. The fraction of sp³-hybridized carbons (Fsp3) is 0.500. The predicted molar refractivity (Wildman–Crippen MR) is 134 cm³/mol. The summed E-state index contributed by atoms with van der Waals surface area (Å²) in [6.45, 7) is 5.18. The third-order valence-electron chi connectivity index (χ3n) is 5.83. The zero-order valence-electron chi connectivity index (χ0n) is 19.3. The van der Waals surface area contributed by atoms with Crippen molar-refractivity contribution in [3.63, 3.8) is 0 Å². The minimum atomic E-state index is 0.0215. The van der Waals surface area contributed by atoms with E-state index in [4.69, 9.17) is 11.6 Å². The second-order valence-corrected chi connectivity index (χ2v) is 9.00. The van der Waals surface area contributed by atoms with Crippen LogP contribution in [0.1, 0.15) is 105 Å². The van der Waals surface area contributed by atoms with Crippen molar-refractivity contribution in [1.82, 2.24) is 5.32 Å². The summed E-state index contributed by atoms with van der Waals surface area (Å²) in [6, 6.07) is 15.8. The van der Waals surface area contributed by atoms with Crippen molar-refractivity contribution < 1.29 is 4.79 Å². The number of hydrogen-bond donors (Lipinski definition) is 1. The number of amides is 1. The average Bonchev–Trinajstić information content (AvgIpc) is 2.78. The minimum absolute atomic E-state index is 0.0215. The molecule has 0 saturated carbocycles. The second kappa shape index (κ2) is 15.1. The molecule has 0 aliphatic rings. The Bertz CT molecular complexity index is 739.